The smallest absolute Gasteiger partial charge is 0.497 e. The predicted octanol–water partition coefficient (Wildman–Crippen LogP) is 6.11. The van der Waals surface area contributed by atoms with E-state index in [2.05, 4.69) is 0 Å². The highest BCUT2D eigenvalue weighted by Gasteiger charge is 2.46. The number of ketones is 1. The minimum atomic E-state index is -4.23. The summed E-state index contributed by atoms with van der Waals surface area (Å²) < 4.78 is 49.2. The van der Waals surface area contributed by atoms with Gasteiger partial charge in [-0.1, -0.05) is 82.6 Å². The van der Waals surface area contributed by atoms with Crippen molar-refractivity contribution < 1.29 is 41.7 Å². The van der Waals surface area contributed by atoms with Crippen LogP contribution in [0.2, 0.25) is 0 Å². The molecule has 274 valence electrons. The van der Waals surface area contributed by atoms with Gasteiger partial charge >= 0.3 is 12.2 Å². The third-order valence-corrected chi connectivity index (χ3v) is 12.0. The Bertz CT molecular complexity index is 1790. The number of nitrogens with two attached hydrogens (primary N) is 2. The molecule has 0 heterocycles. The SMILES string of the molecule is COc1cccc([C@@]2(OC(=O)OCCSSCCOC(=O)NS(=O)(=O)c3ccc(/C(N)=C(/C(C)=O)c4ccccc4)cc3)CCCC[C@@H]2CN)c1. The summed E-state index contributed by atoms with van der Waals surface area (Å²) in [6, 6.07) is 21.9. The summed E-state index contributed by atoms with van der Waals surface area (Å²) in [7, 11) is 0.120. The van der Waals surface area contributed by atoms with Crippen molar-refractivity contribution in [2.24, 2.45) is 17.4 Å². The second kappa shape index (κ2) is 18.9. The number of nitrogens with one attached hydrogen (secondary N) is 1. The van der Waals surface area contributed by atoms with Gasteiger partial charge in [0.15, 0.2) is 5.78 Å². The van der Waals surface area contributed by atoms with Crippen LogP contribution < -0.4 is 20.9 Å². The third-order valence-electron chi connectivity index (χ3n) is 8.37. The Morgan fingerprint density at radius 3 is 2.24 bits per heavy atom. The molecule has 0 aromatic heterocycles. The van der Waals surface area contributed by atoms with Gasteiger partial charge in [0.1, 0.15) is 24.6 Å². The van der Waals surface area contributed by atoms with Gasteiger partial charge in [0.25, 0.3) is 10.0 Å². The predicted molar refractivity (Wildman–Crippen MR) is 199 cm³/mol. The first-order valence-corrected chi connectivity index (χ1v) is 20.3. The van der Waals surface area contributed by atoms with Gasteiger partial charge in [-0.05, 0) is 73.7 Å². The molecule has 1 aliphatic rings. The van der Waals surface area contributed by atoms with Crippen molar-refractivity contribution in [3.8, 4) is 5.75 Å². The van der Waals surface area contributed by atoms with Gasteiger partial charge in [-0.3, -0.25) is 4.79 Å². The number of amides is 1. The minimum Gasteiger partial charge on any atom is -0.497 e. The van der Waals surface area contributed by atoms with Crippen LogP contribution >= 0.6 is 21.6 Å². The van der Waals surface area contributed by atoms with E-state index in [1.165, 1.54) is 52.8 Å². The number of ether oxygens (including phenoxy) is 4. The lowest BCUT2D eigenvalue weighted by atomic mass is 9.71. The van der Waals surface area contributed by atoms with Gasteiger partial charge in [-0.2, -0.15) is 0 Å². The molecular formula is C36H43N3O9S3. The number of carbonyl (C=O) groups excluding carboxylic acids is 3. The maximum absolute atomic E-state index is 12.8. The Kier molecular flexibility index (Phi) is 14.7. The Labute approximate surface area is 306 Å². The Morgan fingerprint density at radius 2 is 1.59 bits per heavy atom. The number of allylic oxidation sites excluding steroid dienone is 1. The number of rotatable bonds is 16. The zero-order chi connectivity index (χ0) is 36.9. The van der Waals surface area contributed by atoms with E-state index in [9.17, 15) is 22.8 Å². The first kappa shape index (κ1) is 39.6. The number of benzene rings is 3. The van der Waals surface area contributed by atoms with Gasteiger partial charge < -0.3 is 30.4 Å². The van der Waals surface area contributed by atoms with Crippen LogP contribution in [0.25, 0.3) is 11.3 Å². The Morgan fingerprint density at radius 1 is 0.902 bits per heavy atom. The van der Waals surface area contributed by atoms with Crippen LogP contribution in [0.5, 0.6) is 5.75 Å². The second-order valence-corrected chi connectivity index (χ2v) is 16.0. The summed E-state index contributed by atoms with van der Waals surface area (Å²) in [6.07, 6.45) is 1.46. The van der Waals surface area contributed by atoms with Crippen molar-refractivity contribution in [3.63, 3.8) is 0 Å². The molecule has 3 aromatic rings. The molecule has 0 aliphatic heterocycles. The summed E-state index contributed by atoms with van der Waals surface area (Å²) in [5, 5.41) is 0. The molecule has 0 unspecified atom stereocenters. The number of hydrogen-bond donors (Lipinski definition) is 3. The molecule has 15 heteroatoms. The van der Waals surface area contributed by atoms with Gasteiger partial charge in [-0.25, -0.2) is 22.7 Å². The van der Waals surface area contributed by atoms with Crippen LogP contribution in [-0.4, -0.2) is 64.8 Å². The molecule has 0 radical (unpaired) electrons. The van der Waals surface area contributed by atoms with Gasteiger partial charge in [0.2, 0.25) is 0 Å². The topological polar surface area (TPSA) is 186 Å². The van der Waals surface area contributed by atoms with Crippen LogP contribution in [0, 0.1) is 5.92 Å². The molecule has 5 N–H and O–H groups in total. The van der Waals surface area contributed by atoms with E-state index in [4.69, 9.17) is 30.4 Å². The van der Waals surface area contributed by atoms with Gasteiger partial charge in [-0.15, -0.1) is 0 Å². The lowest BCUT2D eigenvalue weighted by Crippen LogP contribution is -2.45. The largest absolute Gasteiger partial charge is 0.509 e. The molecule has 0 saturated heterocycles. The number of Topliss-reactive ketones (excluding diaryl/α,β-unsaturated/α-hetero) is 1. The number of sulfonamides is 1. The van der Waals surface area contributed by atoms with Crippen LogP contribution in [0.15, 0.2) is 83.8 Å². The van der Waals surface area contributed by atoms with E-state index in [1.54, 1.807) is 31.4 Å². The first-order valence-electron chi connectivity index (χ1n) is 16.3. The summed E-state index contributed by atoms with van der Waals surface area (Å²) in [5.41, 5.74) is 13.9. The van der Waals surface area contributed by atoms with Gasteiger partial charge in [0, 0.05) is 23.0 Å². The summed E-state index contributed by atoms with van der Waals surface area (Å²) in [4.78, 5) is 37.2. The fourth-order valence-corrected chi connectivity index (χ4v) is 8.46. The summed E-state index contributed by atoms with van der Waals surface area (Å²) in [6.45, 7) is 1.81. The van der Waals surface area contributed by atoms with Crippen molar-refractivity contribution in [2.45, 2.75) is 43.1 Å². The highest BCUT2D eigenvalue weighted by Crippen LogP contribution is 2.45. The van der Waals surface area contributed by atoms with Crippen molar-refractivity contribution >= 4 is 60.9 Å². The molecule has 4 rings (SSSR count). The highest BCUT2D eigenvalue weighted by molar-refractivity contribution is 8.76. The van der Waals surface area contributed by atoms with Crippen molar-refractivity contribution in [2.75, 3.05) is 38.4 Å². The molecule has 3 aromatic carbocycles. The Hall–Kier alpha value is -4.18. The molecule has 12 nitrogen and oxygen atoms in total. The van der Waals surface area contributed by atoms with Crippen LogP contribution in [-0.2, 0) is 34.6 Å². The Balaban J connectivity index is 1.18. The zero-order valence-corrected chi connectivity index (χ0v) is 31.0. The van der Waals surface area contributed by atoms with E-state index in [1.807, 2.05) is 35.1 Å². The molecule has 1 fully saturated rings. The van der Waals surface area contributed by atoms with Crippen molar-refractivity contribution in [1.82, 2.24) is 4.72 Å². The van der Waals surface area contributed by atoms with E-state index in [-0.39, 0.29) is 35.5 Å². The quantitative estimate of drug-likeness (QED) is 0.0501. The molecule has 0 spiro atoms. The molecule has 2 atom stereocenters. The average molecular weight is 758 g/mol. The first-order chi connectivity index (χ1) is 24.5. The van der Waals surface area contributed by atoms with E-state index < -0.39 is 27.9 Å². The lowest BCUT2D eigenvalue weighted by molar-refractivity contribution is -0.111. The number of carbonyl (C=O) groups is 3. The zero-order valence-electron chi connectivity index (χ0n) is 28.5. The second-order valence-electron chi connectivity index (χ2n) is 11.6. The number of methoxy groups -OCH3 is 1. The normalized spacial score (nSPS) is 17.8. The van der Waals surface area contributed by atoms with Crippen LogP contribution in [0.3, 0.4) is 0 Å². The van der Waals surface area contributed by atoms with Gasteiger partial charge in [0.05, 0.1) is 17.7 Å². The fraction of sp³-hybridized carbons (Fsp3) is 0.361. The van der Waals surface area contributed by atoms with Crippen molar-refractivity contribution in [3.05, 3.63) is 95.6 Å². The monoisotopic (exact) mass is 757 g/mol. The van der Waals surface area contributed by atoms with E-state index in [0.29, 0.717) is 46.9 Å². The molecule has 0 bridgehead atoms. The maximum Gasteiger partial charge on any atom is 0.509 e. The summed E-state index contributed by atoms with van der Waals surface area (Å²) >= 11 is 0. The standard InChI is InChI=1S/C36H43N3O9S3/c1-25(40)32(26-9-4-3-5-10-26)33(38)27-14-16-31(17-15-27)51(43,44)39-34(41)46-19-21-49-50-22-20-47-35(42)48-36(18-7-6-11-29(36)24-37)28-12-8-13-30(23-28)45-2/h3-5,8-10,12-17,23,29H,6-7,11,18-22,24,37-38H2,1-2H3,(H,39,41)/b33-32+/t29-,36+/m1/s1. The highest BCUT2D eigenvalue weighted by atomic mass is 33.1. The lowest BCUT2D eigenvalue weighted by Gasteiger charge is -2.43. The van der Waals surface area contributed by atoms with Crippen LogP contribution in [0.1, 0.15) is 49.3 Å². The van der Waals surface area contributed by atoms with Crippen molar-refractivity contribution in [1.29, 1.82) is 0 Å². The van der Waals surface area contributed by atoms with E-state index >= 15 is 0 Å². The molecule has 1 aliphatic carbocycles. The molecule has 1 amide bonds. The average Bonchev–Trinajstić information content (AvgIpc) is 3.13. The number of hydrogen-bond acceptors (Lipinski definition) is 13. The summed E-state index contributed by atoms with van der Waals surface area (Å²) in [5.74, 6) is 1.18. The van der Waals surface area contributed by atoms with E-state index in [0.717, 1.165) is 24.8 Å². The molecular weight excluding hydrogens is 715 g/mol. The third kappa shape index (κ3) is 10.7. The fourth-order valence-electron chi connectivity index (χ4n) is 5.92. The van der Waals surface area contributed by atoms with Crippen LogP contribution in [0.4, 0.5) is 9.59 Å². The minimum absolute atomic E-state index is 0.0565. The maximum atomic E-state index is 12.8. The molecule has 1 saturated carbocycles. The molecule has 51 heavy (non-hydrogen) atoms.